The van der Waals surface area contributed by atoms with Gasteiger partial charge in [0.15, 0.2) is 0 Å². The zero-order valence-electron chi connectivity index (χ0n) is 9.48. The Labute approximate surface area is 111 Å². The molecular formula is C11H8N2O5S. The number of aromatic carboxylic acids is 1. The molecule has 19 heavy (non-hydrogen) atoms. The van der Waals surface area contributed by atoms with Crippen LogP contribution in [0, 0.1) is 10.1 Å². The quantitative estimate of drug-likeness (QED) is 0.666. The smallest absolute Gasteiger partial charge is 0.406 e. The minimum absolute atomic E-state index is 0.0535. The second kappa shape index (κ2) is 5.44. The molecule has 2 rings (SSSR count). The minimum atomic E-state index is -1.01. The van der Waals surface area contributed by atoms with E-state index in [1.165, 1.54) is 24.4 Å². The highest BCUT2D eigenvalue weighted by Gasteiger charge is 2.16. The molecule has 0 aliphatic carbocycles. The fourth-order valence-corrected chi connectivity index (χ4v) is 2.11. The number of carboxylic acid groups (broad SMARTS) is 1. The Hall–Kier alpha value is -2.48. The summed E-state index contributed by atoms with van der Waals surface area (Å²) < 4.78 is 5.29. The van der Waals surface area contributed by atoms with Crippen molar-refractivity contribution >= 4 is 23.1 Å². The van der Waals surface area contributed by atoms with Crippen LogP contribution in [-0.2, 0) is 6.61 Å². The number of hydrogen-bond donors (Lipinski definition) is 1. The van der Waals surface area contributed by atoms with Gasteiger partial charge in [-0.1, -0.05) is 0 Å². The molecule has 0 saturated carbocycles. The number of pyridine rings is 1. The Morgan fingerprint density at radius 3 is 2.89 bits per heavy atom. The third kappa shape index (κ3) is 3.05. The SMILES string of the molecule is O=C(O)c1ccc(COc2cccnc2[N+](=O)[O-])s1. The molecule has 7 nitrogen and oxygen atoms in total. The molecule has 0 amide bonds. The number of nitrogens with zero attached hydrogens (tertiary/aromatic N) is 2. The van der Waals surface area contributed by atoms with Crippen LogP contribution >= 0.6 is 11.3 Å². The summed E-state index contributed by atoms with van der Waals surface area (Å²) in [5.41, 5.74) is 0. The average Bonchev–Trinajstić information content (AvgIpc) is 2.85. The van der Waals surface area contributed by atoms with Gasteiger partial charge < -0.3 is 20.0 Å². The monoisotopic (exact) mass is 280 g/mol. The fourth-order valence-electron chi connectivity index (χ4n) is 1.35. The Bertz CT molecular complexity index is 625. The number of carbonyl (C=O) groups is 1. The molecule has 2 aromatic rings. The predicted molar refractivity (Wildman–Crippen MR) is 66.5 cm³/mol. The molecule has 0 radical (unpaired) electrons. The third-order valence-electron chi connectivity index (χ3n) is 2.17. The lowest BCUT2D eigenvalue weighted by molar-refractivity contribution is -0.390. The summed E-state index contributed by atoms with van der Waals surface area (Å²) in [5, 5.41) is 19.5. The molecule has 8 heteroatoms. The van der Waals surface area contributed by atoms with Gasteiger partial charge in [0.1, 0.15) is 17.7 Å². The maximum absolute atomic E-state index is 10.7. The van der Waals surface area contributed by atoms with Gasteiger partial charge in [-0.3, -0.25) is 0 Å². The van der Waals surface area contributed by atoms with Crippen LogP contribution in [-0.4, -0.2) is 21.0 Å². The average molecular weight is 280 g/mol. The standard InChI is InChI=1S/C11H8N2O5S/c14-11(15)9-4-3-7(19-9)6-18-8-2-1-5-12-10(8)13(16)17/h1-5H,6H2,(H,14,15). The van der Waals surface area contributed by atoms with Crippen molar-refractivity contribution in [3.63, 3.8) is 0 Å². The highest BCUT2D eigenvalue weighted by molar-refractivity contribution is 7.13. The number of thiophene rings is 1. The summed E-state index contributed by atoms with van der Waals surface area (Å²) >= 11 is 1.06. The molecule has 2 aromatic heterocycles. The molecule has 0 unspecified atom stereocenters. The van der Waals surface area contributed by atoms with Crippen molar-refractivity contribution in [3.05, 3.63) is 50.3 Å². The Kier molecular flexibility index (Phi) is 3.71. The lowest BCUT2D eigenvalue weighted by Crippen LogP contribution is -1.99. The topological polar surface area (TPSA) is 103 Å². The highest BCUT2D eigenvalue weighted by atomic mass is 32.1. The van der Waals surface area contributed by atoms with Crippen molar-refractivity contribution in [2.24, 2.45) is 0 Å². The molecule has 0 atom stereocenters. The van der Waals surface area contributed by atoms with Crippen molar-refractivity contribution in [2.45, 2.75) is 6.61 Å². The lowest BCUT2D eigenvalue weighted by Gasteiger charge is -2.03. The van der Waals surface area contributed by atoms with Crippen LogP contribution in [0.5, 0.6) is 5.75 Å². The molecule has 0 spiro atoms. The molecule has 0 bridgehead atoms. The molecule has 0 saturated heterocycles. The van der Waals surface area contributed by atoms with Crippen molar-refractivity contribution in [1.29, 1.82) is 0 Å². The number of ether oxygens (including phenoxy) is 1. The van der Waals surface area contributed by atoms with Crippen molar-refractivity contribution in [3.8, 4) is 5.75 Å². The predicted octanol–water partition coefficient (Wildman–Crippen LogP) is 2.33. The van der Waals surface area contributed by atoms with Gasteiger partial charge >= 0.3 is 11.8 Å². The lowest BCUT2D eigenvalue weighted by atomic mass is 10.4. The number of carboxylic acids is 1. The van der Waals surface area contributed by atoms with E-state index in [-0.39, 0.29) is 23.1 Å². The van der Waals surface area contributed by atoms with Gasteiger partial charge in [0.2, 0.25) is 5.75 Å². The summed E-state index contributed by atoms with van der Waals surface area (Å²) in [6, 6.07) is 6.04. The van der Waals surface area contributed by atoms with Crippen LogP contribution in [0.4, 0.5) is 5.82 Å². The molecule has 0 aromatic carbocycles. The number of nitro groups is 1. The number of rotatable bonds is 5. The van der Waals surface area contributed by atoms with Gasteiger partial charge in [-0.2, -0.15) is 0 Å². The molecule has 0 fully saturated rings. The van der Waals surface area contributed by atoms with Crippen molar-refractivity contribution in [2.75, 3.05) is 0 Å². The Morgan fingerprint density at radius 2 is 2.26 bits per heavy atom. The summed E-state index contributed by atoms with van der Waals surface area (Å²) in [4.78, 5) is 25.2. The first kappa shape index (κ1) is 13.0. The van der Waals surface area contributed by atoms with Gasteiger partial charge in [-0.05, 0) is 34.2 Å². The van der Waals surface area contributed by atoms with E-state index in [4.69, 9.17) is 9.84 Å². The van der Waals surface area contributed by atoms with Gasteiger partial charge in [0.05, 0.1) is 0 Å². The zero-order chi connectivity index (χ0) is 13.8. The van der Waals surface area contributed by atoms with Gasteiger partial charge in [0, 0.05) is 4.88 Å². The molecule has 0 aliphatic rings. The number of aromatic nitrogens is 1. The van der Waals surface area contributed by atoms with Crippen LogP contribution in [0.15, 0.2) is 30.5 Å². The first-order valence-corrected chi connectivity index (χ1v) is 5.94. The molecule has 2 heterocycles. The molecule has 98 valence electrons. The van der Waals surface area contributed by atoms with E-state index >= 15 is 0 Å². The van der Waals surface area contributed by atoms with Gasteiger partial charge in [-0.25, -0.2) is 4.79 Å². The molecule has 0 aliphatic heterocycles. The van der Waals surface area contributed by atoms with E-state index in [1.54, 1.807) is 6.07 Å². The van der Waals surface area contributed by atoms with E-state index in [9.17, 15) is 14.9 Å². The normalized spacial score (nSPS) is 10.1. The van der Waals surface area contributed by atoms with Crippen molar-refractivity contribution < 1.29 is 19.6 Å². The summed E-state index contributed by atoms with van der Waals surface area (Å²) in [7, 11) is 0. The first-order chi connectivity index (χ1) is 9.08. The minimum Gasteiger partial charge on any atom is -0.480 e. The van der Waals surface area contributed by atoms with E-state index in [0.29, 0.717) is 4.88 Å². The maximum atomic E-state index is 10.7. The maximum Gasteiger partial charge on any atom is 0.406 e. The van der Waals surface area contributed by atoms with Crippen LogP contribution in [0.3, 0.4) is 0 Å². The summed E-state index contributed by atoms with van der Waals surface area (Å²) in [5.74, 6) is -1.32. The van der Waals surface area contributed by atoms with Gasteiger partial charge in [-0.15, -0.1) is 11.3 Å². The number of hydrogen-bond acceptors (Lipinski definition) is 6. The largest absolute Gasteiger partial charge is 0.480 e. The van der Waals surface area contributed by atoms with E-state index in [0.717, 1.165) is 11.3 Å². The molecular weight excluding hydrogens is 272 g/mol. The van der Waals surface area contributed by atoms with Crippen LogP contribution in [0.25, 0.3) is 0 Å². The molecule has 1 N–H and O–H groups in total. The Morgan fingerprint density at radius 1 is 1.47 bits per heavy atom. The van der Waals surface area contributed by atoms with Gasteiger partial charge in [0.25, 0.3) is 0 Å². The van der Waals surface area contributed by atoms with Crippen molar-refractivity contribution in [1.82, 2.24) is 4.98 Å². The zero-order valence-corrected chi connectivity index (χ0v) is 10.3. The summed E-state index contributed by atoms with van der Waals surface area (Å²) in [6.45, 7) is 0.0600. The second-order valence-corrected chi connectivity index (χ2v) is 4.61. The van der Waals surface area contributed by atoms with E-state index < -0.39 is 10.9 Å². The van der Waals surface area contributed by atoms with Crippen LogP contribution < -0.4 is 4.74 Å². The Balaban J connectivity index is 2.10. The van der Waals surface area contributed by atoms with E-state index in [2.05, 4.69) is 4.98 Å². The van der Waals surface area contributed by atoms with Crippen LogP contribution in [0.2, 0.25) is 0 Å². The second-order valence-electron chi connectivity index (χ2n) is 3.44. The third-order valence-corrected chi connectivity index (χ3v) is 3.21. The highest BCUT2D eigenvalue weighted by Crippen LogP contribution is 2.25. The van der Waals surface area contributed by atoms with E-state index in [1.807, 2.05) is 0 Å². The summed E-state index contributed by atoms with van der Waals surface area (Å²) in [6.07, 6.45) is 1.30. The van der Waals surface area contributed by atoms with Crippen LogP contribution in [0.1, 0.15) is 14.5 Å². The fraction of sp³-hybridized carbons (Fsp3) is 0.0909. The first-order valence-electron chi connectivity index (χ1n) is 5.12.